The van der Waals surface area contributed by atoms with Gasteiger partial charge in [-0.3, -0.25) is 9.98 Å². The molecule has 8 heteroatoms. The predicted molar refractivity (Wildman–Crippen MR) is 188 cm³/mol. The van der Waals surface area contributed by atoms with Gasteiger partial charge in [-0.1, -0.05) is 24.3 Å². The van der Waals surface area contributed by atoms with Crippen LogP contribution in [0.1, 0.15) is 38.8 Å². The first-order valence-electron chi connectivity index (χ1n) is 14.0. The Bertz CT molecular complexity index is 1640. The average Bonchev–Trinajstić information content (AvgIpc) is 3.06. The van der Waals surface area contributed by atoms with E-state index in [4.69, 9.17) is 20.5 Å². The second-order valence-corrected chi connectivity index (χ2v) is 11.0. The van der Waals surface area contributed by atoms with Gasteiger partial charge in [0.15, 0.2) is 0 Å². The molecule has 0 atom stereocenters. The van der Waals surface area contributed by atoms with E-state index in [9.17, 15) is 0 Å². The van der Waals surface area contributed by atoms with Gasteiger partial charge in [0.25, 0.3) is 13.4 Å². The van der Waals surface area contributed by atoms with Crippen molar-refractivity contribution in [1.82, 2.24) is 9.34 Å². The highest BCUT2D eigenvalue weighted by Gasteiger charge is 2.38. The minimum atomic E-state index is -0.745. The number of benzene rings is 2. The van der Waals surface area contributed by atoms with Gasteiger partial charge in [-0.25, -0.2) is 0 Å². The van der Waals surface area contributed by atoms with E-state index in [1.54, 1.807) is 0 Å². The Kier molecular flexibility index (Phi) is 9.61. The van der Waals surface area contributed by atoms with Gasteiger partial charge in [0.1, 0.15) is 11.1 Å². The first-order valence-corrected chi connectivity index (χ1v) is 14.0. The zero-order valence-corrected chi connectivity index (χ0v) is 25.6. The predicted octanol–water partition coefficient (Wildman–Crippen LogP) is 7.60. The highest BCUT2D eigenvalue weighted by molar-refractivity contribution is 6.06. The van der Waals surface area contributed by atoms with Gasteiger partial charge >= 0.3 is 11.4 Å². The second-order valence-electron chi connectivity index (χ2n) is 11.0. The molecule has 0 amide bonds. The van der Waals surface area contributed by atoms with Crippen molar-refractivity contribution in [3.05, 3.63) is 119 Å². The van der Waals surface area contributed by atoms with E-state index in [0.717, 1.165) is 45.1 Å². The molecule has 44 heavy (non-hydrogen) atoms. The molecule has 218 valence electrons. The van der Waals surface area contributed by atoms with E-state index < -0.39 is 11.1 Å². The molecule has 0 heterocycles. The summed E-state index contributed by atoms with van der Waals surface area (Å²) >= 11 is 0. The summed E-state index contributed by atoms with van der Waals surface area (Å²) in [5, 5.41) is 19.3. The smallest absolute Gasteiger partial charge is 0.265 e. The molecule has 2 aliphatic rings. The number of allylic oxidation sites excluding steroid dienone is 10. The number of rotatable bonds is 9. The van der Waals surface area contributed by atoms with E-state index in [1.165, 1.54) is 0 Å². The summed E-state index contributed by atoms with van der Waals surface area (Å²) in [5.74, 6) is 0. The van der Waals surface area contributed by atoms with Crippen LogP contribution in [0.4, 0.5) is 11.4 Å². The van der Waals surface area contributed by atoms with Crippen molar-refractivity contribution < 1.29 is 0 Å². The molecule has 0 saturated carbocycles. The normalized spacial score (nSPS) is 14.7. The summed E-state index contributed by atoms with van der Waals surface area (Å²) < 4.78 is 8.01. The zero-order chi connectivity index (χ0) is 31.7. The number of hydrogen-bond donors (Lipinski definition) is 0. The minimum Gasteiger partial charge on any atom is -0.265 e. The average molecular weight is 581 g/mol. The third-order valence-electron chi connectivity index (χ3n) is 7.59. The van der Waals surface area contributed by atoms with Gasteiger partial charge in [0.05, 0.1) is 22.8 Å². The standard InChI is InChI=1S/C36H36N8/c1-35(2,43-41-33(25-9-17-29(37-5)18-10-25)26-11-19-30(38-6)20-12-26)36(3,4)44-42-34(27-13-21-31(39-7)22-14-27)28-15-23-32(40-8)24-16-28/h9-24H,5-8H2,1-4H3/q+2. The quantitative estimate of drug-likeness (QED) is 0.166. The van der Waals surface area contributed by atoms with Crippen LogP contribution in [0.5, 0.6) is 0 Å². The van der Waals surface area contributed by atoms with Gasteiger partial charge < -0.3 is 0 Å². The second kappa shape index (κ2) is 13.5. The van der Waals surface area contributed by atoms with E-state index in [-0.39, 0.29) is 0 Å². The molecule has 8 nitrogen and oxygen atoms in total. The summed E-state index contributed by atoms with van der Waals surface area (Å²) in [6.07, 6.45) is 15.4. The lowest BCUT2D eigenvalue weighted by atomic mass is 9.84. The molecule has 4 rings (SSSR count). The number of aliphatic imine (C=N–C) groups is 2. The highest BCUT2D eigenvalue weighted by atomic mass is 15.2. The maximum Gasteiger partial charge on any atom is 0.326 e. The van der Waals surface area contributed by atoms with Crippen LogP contribution in [0.2, 0.25) is 0 Å². The number of nitrogens with zero attached hydrogens (tertiary/aromatic N) is 8. The molecular formula is C36H36N8+2. The molecule has 0 radical (unpaired) electrons. The largest absolute Gasteiger partial charge is 0.326 e. The lowest BCUT2D eigenvalue weighted by molar-refractivity contribution is 0.292. The molecule has 0 spiro atoms. The summed E-state index contributed by atoms with van der Waals surface area (Å²) in [6, 6.07) is 15.4. The number of hydrogen-bond acceptors (Lipinski definition) is 6. The van der Waals surface area contributed by atoms with E-state index in [0.29, 0.717) is 11.4 Å². The van der Waals surface area contributed by atoms with Crippen molar-refractivity contribution in [2.45, 2.75) is 38.8 Å². The fourth-order valence-corrected chi connectivity index (χ4v) is 4.06. The summed E-state index contributed by atoms with van der Waals surface area (Å²) in [4.78, 5) is 8.01. The van der Waals surface area contributed by atoms with Gasteiger partial charge in [-0.2, -0.15) is 20.5 Å². The Labute approximate surface area is 258 Å². The fourth-order valence-electron chi connectivity index (χ4n) is 4.06. The maximum absolute atomic E-state index is 4.85. The van der Waals surface area contributed by atoms with E-state index in [2.05, 4.69) is 46.2 Å². The van der Waals surface area contributed by atoms with Gasteiger partial charge in [-0.05, 0) is 89.7 Å². The van der Waals surface area contributed by atoms with E-state index in [1.807, 2.05) is 125 Å². The molecule has 0 bridgehead atoms. The fraction of sp³-hybridized carbons (Fsp3) is 0.167. The monoisotopic (exact) mass is 580 g/mol. The van der Waals surface area contributed by atoms with Crippen molar-refractivity contribution in [2.24, 2.45) is 30.4 Å². The van der Waals surface area contributed by atoms with Crippen molar-refractivity contribution in [2.75, 3.05) is 0 Å². The molecular weight excluding hydrogens is 544 g/mol. The van der Waals surface area contributed by atoms with E-state index >= 15 is 0 Å². The maximum atomic E-state index is 4.85. The van der Waals surface area contributed by atoms with Crippen molar-refractivity contribution in [1.29, 1.82) is 0 Å². The van der Waals surface area contributed by atoms with Crippen molar-refractivity contribution >= 4 is 61.1 Å². The SMILES string of the molecule is C=Nc1ccc(C(N=NC(C)(C)C(C)(C)N=NC(=C2C=CC(=[N+]=C)C=C2)c2ccc(N=C)cc2)=C2C=CC(=[N+]=C)C=C2)cc1. The molecule has 0 unspecified atom stereocenters. The molecule has 0 aliphatic heterocycles. The first kappa shape index (κ1) is 31.3. The van der Waals surface area contributed by atoms with Crippen molar-refractivity contribution in [3.63, 3.8) is 0 Å². The number of azo groups is 2. The first-order chi connectivity index (χ1) is 21.1. The van der Waals surface area contributed by atoms with Gasteiger partial charge in [0, 0.05) is 46.6 Å². The zero-order valence-electron chi connectivity index (χ0n) is 25.6. The molecule has 0 aromatic heterocycles. The van der Waals surface area contributed by atoms with Crippen LogP contribution in [-0.2, 0) is 0 Å². The molecule has 0 fully saturated rings. The third kappa shape index (κ3) is 7.20. The Morgan fingerprint density at radius 2 is 0.841 bits per heavy atom. The topological polar surface area (TPSA) is 102 Å². The molecule has 2 aromatic carbocycles. The summed E-state index contributed by atoms with van der Waals surface area (Å²) in [5.41, 5.74) is 6.58. The molecule has 2 aliphatic carbocycles. The molecule has 2 aromatic rings. The Balaban J connectivity index is 1.73. The molecule has 0 N–H and O–H groups in total. The summed E-state index contributed by atoms with van der Waals surface area (Å²) in [7, 11) is 0. The summed E-state index contributed by atoms with van der Waals surface area (Å²) in [6.45, 7) is 22.4. The third-order valence-corrected chi connectivity index (χ3v) is 7.59. The van der Waals surface area contributed by atoms with Gasteiger partial charge in [-0.15, -0.1) is 9.34 Å². The van der Waals surface area contributed by atoms with Crippen LogP contribution in [0.15, 0.2) is 139 Å². The van der Waals surface area contributed by atoms with Gasteiger partial charge in [0.2, 0.25) is 0 Å². The minimum absolute atomic E-state index is 0.705. The van der Waals surface area contributed by atoms with Crippen LogP contribution in [0, 0.1) is 0 Å². The molecule has 0 saturated heterocycles. The van der Waals surface area contributed by atoms with Crippen LogP contribution >= 0.6 is 0 Å². The lowest BCUT2D eigenvalue weighted by Gasteiger charge is -2.32. The Morgan fingerprint density at radius 3 is 1.11 bits per heavy atom. The van der Waals surface area contributed by atoms with Crippen molar-refractivity contribution in [3.8, 4) is 0 Å². The lowest BCUT2D eigenvalue weighted by Crippen LogP contribution is -2.41. The van der Waals surface area contributed by atoms with Crippen LogP contribution < -0.4 is 9.34 Å². The Hall–Kier alpha value is -5.68. The van der Waals surface area contributed by atoms with Crippen LogP contribution in [0.25, 0.3) is 11.4 Å². The van der Waals surface area contributed by atoms with Crippen LogP contribution in [-0.4, -0.2) is 49.4 Å². The Morgan fingerprint density at radius 1 is 0.523 bits per heavy atom. The van der Waals surface area contributed by atoms with Crippen LogP contribution in [0.3, 0.4) is 0 Å². The highest BCUT2D eigenvalue weighted by Crippen LogP contribution is 2.35.